The zero-order valence-electron chi connectivity index (χ0n) is 10.6. The molecular weight excluding hydrogens is 268 g/mol. The second-order valence-corrected chi connectivity index (χ2v) is 4.19. The van der Waals surface area contributed by atoms with Crippen LogP contribution < -0.4 is 5.32 Å². The van der Waals surface area contributed by atoms with Crippen molar-refractivity contribution in [3.63, 3.8) is 0 Å². The third kappa shape index (κ3) is 2.87. The monoisotopic (exact) mass is 279 g/mol. The van der Waals surface area contributed by atoms with E-state index in [1.807, 2.05) is 6.92 Å². The van der Waals surface area contributed by atoms with E-state index in [0.29, 0.717) is 5.69 Å². The number of hydrogen-bond donors (Lipinski definition) is 1. The first-order valence-electron chi connectivity index (χ1n) is 5.77. The Bertz CT molecular complexity index is 645. The van der Waals surface area contributed by atoms with Crippen LogP contribution in [0.25, 0.3) is 0 Å². The van der Waals surface area contributed by atoms with Gasteiger partial charge in [0.1, 0.15) is 0 Å². The van der Waals surface area contributed by atoms with Crippen LogP contribution in [-0.4, -0.2) is 9.91 Å². The molecule has 0 unspecified atom stereocenters. The van der Waals surface area contributed by atoms with Gasteiger partial charge in [-0.3, -0.25) is 15.1 Å². The summed E-state index contributed by atoms with van der Waals surface area (Å²) in [6, 6.07) is 5.15. The van der Waals surface area contributed by atoms with Crippen LogP contribution in [0.3, 0.4) is 0 Å². The largest absolute Gasteiger partial charge is 0.371 e. The Morgan fingerprint density at radius 3 is 2.65 bits per heavy atom. The summed E-state index contributed by atoms with van der Waals surface area (Å²) in [5.41, 5.74) is 0.526. The van der Waals surface area contributed by atoms with Gasteiger partial charge >= 0.3 is 0 Å². The molecule has 1 aromatic carbocycles. The highest BCUT2D eigenvalue weighted by atomic mass is 19.2. The van der Waals surface area contributed by atoms with Gasteiger partial charge in [0.2, 0.25) is 0 Å². The van der Waals surface area contributed by atoms with Gasteiger partial charge in [0, 0.05) is 12.3 Å². The van der Waals surface area contributed by atoms with E-state index >= 15 is 0 Å². The maximum Gasteiger partial charge on any atom is 0.295 e. The molecule has 7 heteroatoms. The summed E-state index contributed by atoms with van der Waals surface area (Å²) in [6.07, 6.45) is 1.62. The standard InChI is InChI=1S/C13H11F2N3O2/c1-8-2-3-9(16-6-8)7-17-13-11(18(19)20)5-4-10(14)12(13)15/h2-6,17H,7H2,1H3. The predicted molar refractivity (Wildman–Crippen MR) is 69.3 cm³/mol. The number of halogens is 2. The Morgan fingerprint density at radius 2 is 2.05 bits per heavy atom. The van der Waals surface area contributed by atoms with E-state index in [4.69, 9.17) is 0 Å². The van der Waals surface area contributed by atoms with Crippen LogP contribution in [0.2, 0.25) is 0 Å². The maximum absolute atomic E-state index is 13.6. The van der Waals surface area contributed by atoms with Gasteiger partial charge in [0.25, 0.3) is 5.69 Å². The van der Waals surface area contributed by atoms with Gasteiger partial charge in [-0.1, -0.05) is 6.07 Å². The number of hydrogen-bond acceptors (Lipinski definition) is 4. The zero-order valence-corrected chi connectivity index (χ0v) is 10.6. The summed E-state index contributed by atoms with van der Waals surface area (Å²) < 4.78 is 26.8. The van der Waals surface area contributed by atoms with Crippen LogP contribution in [0.5, 0.6) is 0 Å². The molecule has 5 nitrogen and oxygen atoms in total. The molecule has 2 aromatic rings. The lowest BCUT2D eigenvalue weighted by Gasteiger charge is -2.08. The highest BCUT2D eigenvalue weighted by Gasteiger charge is 2.21. The lowest BCUT2D eigenvalue weighted by atomic mass is 10.2. The molecule has 2 rings (SSSR count). The third-order valence-electron chi connectivity index (χ3n) is 2.69. The lowest BCUT2D eigenvalue weighted by molar-refractivity contribution is -0.384. The molecule has 20 heavy (non-hydrogen) atoms. The van der Waals surface area contributed by atoms with Crippen molar-refractivity contribution < 1.29 is 13.7 Å². The van der Waals surface area contributed by atoms with E-state index in [1.54, 1.807) is 18.3 Å². The fourth-order valence-corrected chi connectivity index (χ4v) is 1.64. The molecule has 1 heterocycles. The summed E-state index contributed by atoms with van der Waals surface area (Å²) >= 11 is 0. The normalized spacial score (nSPS) is 10.3. The van der Waals surface area contributed by atoms with Crippen LogP contribution in [-0.2, 0) is 6.54 Å². The fourth-order valence-electron chi connectivity index (χ4n) is 1.64. The Hall–Kier alpha value is -2.57. The molecule has 1 aromatic heterocycles. The molecule has 1 N–H and O–H groups in total. The third-order valence-corrected chi connectivity index (χ3v) is 2.69. The maximum atomic E-state index is 13.6. The number of nitrogens with zero attached hydrogens (tertiary/aromatic N) is 2. The van der Waals surface area contributed by atoms with E-state index in [1.165, 1.54) is 0 Å². The average molecular weight is 279 g/mol. The molecule has 0 saturated carbocycles. The first-order valence-corrected chi connectivity index (χ1v) is 5.77. The summed E-state index contributed by atoms with van der Waals surface area (Å²) in [7, 11) is 0. The molecule has 104 valence electrons. The molecule has 0 aliphatic carbocycles. The Kier molecular flexibility index (Phi) is 3.88. The molecule has 0 saturated heterocycles. The average Bonchev–Trinajstić information content (AvgIpc) is 2.42. The van der Waals surface area contributed by atoms with Gasteiger partial charge in [0.15, 0.2) is 17.3 Å². The number of pyridine rings is 1. The van der Waals surface area contributed by atoms with Crippen LogP contribution >= 0.6 is 0 Å². The van der Waals surface area contributed by atoms with Crippen molar-refractivity contribution in [1.82, 2.24) is 4.98 Å². The first-order chi connectivity index (χ1) is 9.49. The number of nitro benzene ring substituents is 1. The first kappa shape index (κ1) is 13.9. The van der Waals surface area contributed by atoms with Gasteiger partial charge in [-0.25, -0.2) is 8.78 Å². The highest BCUT2D eigenvalue weighted by molar-refractivity contribution is 5.62. The van der Waals surface area contributed by atoms with Crippen molar-refractivity contribution in [2.45, 2.75) is 13.5 Å². The van der Waals surface area contributed by atoms with E-state index in [0.717, 1.165) is 17.7 Å². The highest BCUT2D eigenvalue weighted by Crippen LogP contribution is 2.29. The number of nitro groups is 1. The molecule has 0 bridgehead atoms. The van der Waals surface area contributed by atoms with Gasteiger partial charge < -0.3 is 5.32 Å². The van der Waals surface area contributed by atoms with Gasteiger partial charge in [0.05, 0.1) is 17.2 Å². The van der Waals surface area contributed by atoms with Crippen molar-refractivity contribution in [2.75, 3.05) is 5.32 Å². The van der Waals surface area contributed by atoms with Crippen molar-refractivity contribution in [2.24, 2.45) is 0 Å². The smallest absolute Gasteiger partial charge is 0.295 e. The van der Waals surface area contributed by atoms with Crippen LogP contribution in [0.4, 0.5) is 20.2 Å². The summed E-state index contributed by atoms with van der Waals surface area (Å²) in [6.45, 7) is 1.92. The van der Waals surface area contributed by atoms with Crippen molar-refractivity contribution in [3.8, 4) is 0 Å². The van der Waals surface area contributed by atoms with Crippen LogP contribution in [0.15, 0.2) is 30.5 Å². The number of benzene rings is 1. The number of rotatable bonds is 4. The number of nitrogens with one attached hydrogen (secondary N) is 1. The van der Waals surface area contributed by atoms with E-state index in [9.17, 15) is 18.9 Å². The Balaban J connectivity index is 2.26. The summed E-state index contributed by atoms with van der Waals surface area (Å²) in [5.74, 6) is -2.42. The number of aromatic nitrogens is 1. The molecule has 0 atom stereocenters. The van der Waals surface area contributed by atoms with Crippen molar-refractivity contribution in [1.29, 1.82) is 0 Å². The van der Waals surface area contributed by atoms with Crippen LogP contribution in [0, 0.1) is 28.7 Å². The topological polar surface area (TPSA) is 68.1 Å². The minimum absolute atomic E-state index is 0.0570. The second kappa shape index (κ2) is 5.60. The van der Waals surface area contributed by atoms with Crippen molar-refractivity contribution >= 4 is 11.4 Å². The molecule has 0 aliphatic heterocycles. The molecule has 0 aliphatic rings. The van der Waals surface area contributed by atoms with Gasteiger partial charge in [-0.05, 0) is 24.6 Å². The summed E-state index contributed by atoms with van der Waals surface area (Å²) in [4.78, 5) is 14.1. The molecule has 0 radical (unpaired) electrons. The minimum atomic E-state index is -1.27. The zero-order chi connectivity index (χ0) is 14.7. The summed E-state index contributed by atoms with van der Waals surface area (Å²) in [5, 5.41) is 13.3. The minimum Gasteiger partial charge on any atom is -0.371 e. The van der Waals surface area contributed by atoms with Crippen LogP contribution in [0.1, 0.15) is 11.3 Å². The second-order valence-electron chi connectivity index (χ2n) is 4.19. The molecular formula is C13H11F2N3O2. The Morgan fingerprint density at radius 1 is 1.30 bits per heavy atom. The molecule has 0 amide bonds. The quantitative estimate of drug-likeness (QED) is 0.689. The van der Waals surface area contributed by atoms with E-state index in [2.05, 4.69) is 10.3 Å². The van der Waals surface area contributed by atoms with Crippen molar-refractivity contribution in [3.05, 3.63) is 63.5 Å². The fraction of sp³-hybridized carbons (Fsp3) is 0.154. The predicted octanol–water partition coefficient (Wildman–Crippen LogP) is 3.19. The van der Waals surface area contributed by atoms with E-state index in [-0.39, 0.29) is 6.54 Å². The van der Waals surface area contributed by atoms with E-state index < -0.39 is 27.9 Å². The molecule has 0 fully saturated rings. The number of anilines is 1. The number of aryl methyl sites for hydroxylation is 1. The Labute approximate surface area is 113 Å². The molecule has 0 spiro atoms. The lowest BCUT2D eigenvalue weighted by Crippen LogP contribution is -2.07. The van der Waals surface area contributed by atoms with Gasteiger partial charge in [-0.2, -0.15) is 0 Å². The SMILES string of the molecule is Cc1ccc(CNc2c([N+](=O)[O-])ccc(F)c2F)nc1. The van der Waals surface area contributed by atoms with Gasteiger partial charge in [-0.15, -0.1) is 0 Å².